The van der Waals surface area contributed by atoms with Crippen LogP contribution in [0.15, 0.2) is 88.8 Å². The standard InChI is InChI=1S/C23H20N2O2S/c1-2-27-19-14-12-18(13-15-19)25-22(26)20-10-6-7-11-21(20)24-23(25)28-16-17-8-4-3-5-9-17/h3-15H,2,16H2,1H3. The van der Waals surface area contributed by atoms with Crippen molar-refractivity contribution in [3.05, 3.63) is 94.8 Å². The number of aromatic nitrogens is 2. The molecule has 0 bridgehead atoms. The van der Waals surface area contributed by atoms with E-state index in [1.165, 1.54) is 5.56 Å². The van der Waals surface area contributed by atoms with Crippen LogP contribution in [0, 0.1) is 0 Å². The molecular weight excluding hydrogens is 368 g/mol. The van der Waals surface area contributed by atoms with Crippen molar-refractivity contribution in [2.24, 2.45) is 0 Å². The SMILES string of the molecule is CCOc1ccc(-n2c(SCc3ccccc3)nc3ccccc3c2=O)cc1. The largest absolute Gasteiger partial charge is 0.494 e. The molecule has 0 aliphatic carbocycles. The van der Waals surface area contributed by atoms with Gasteiger partial charge in [-0.2, -0.15) is 0 Å². The van der Waals surface area contributed by atoms with Crippen LogP contribution in [0.3, 0.4) is 0 Å². The van der Waals surface area contributed by atoms with Gasteiger partial charge in [-0.25, -0.2) is 4.98 Å². The molecule has 28 heavy (non-hydrogen) atoms. The van der Waals surface area contributed by atoms with Crippen LogP contribution in [0.4, 0.5) is 0 Å². The lowest BCUT2D eigenvalue weighted by molar-refractivity contribution is 0.340. The normalized spacial score (nSPS) is 10.9. The van der Waals surface area contributed by atoms with E-state index in [4.69, 9.17) is 9.72 Å². The number of nitrogens with zero attached hydrogens (tertiary/aromatic N) is 2. The van der Waals surface area contributed by atoms with Gasteiger partial charge in [0.05, 0.1) is 23.2 Å². The molecule has 0 atom stereocenters. The molecule has 0 spiro atoms. The summed E-state index contributed by atoms with van der Waals surface area (Å²) in [5.74, 6) is 1.52. The van der Waals surface area contributed by atoms with Gasteiger partial charge in [0.2, 0.25) is 0 Å². The molecule has 0 N–H and O–H groups in total. The Morgan fingerprint density at radius 2 is 1.64 bits per heavy atom. The van der Waals surface area contributed by atoms with Crippen molar-refractivity contribution in [1.82, 2.24) is 9.55 Å². The third-order valence-electron chi connectivity index (χ3n) is 4.36. The Morgan fingerprint density at radius 1 is 0.929 bits per heavy atom. The van der Waals surface area contributed by atoms with Gasteiger partial charge in [0.15, 0.2) is 5.16 Å². The van der Waals surface area contributed by atoms with E-state index in [0.717, 1.165) is 17.2 Å². The Bertz CT molecular complexity index is 1140. The highest BCUT2D eigenvalue weighted by Crippen LogP contribution is 2.25. The molecule has 0 radical (unpaired) electrons. The summed E-state index contributed by atoms with van der Waals surface area (Å²) >= 11 is 1.56. The average molecular weight is 388 g/mol. The molecule has 0 aliphatic heterocycles. The summed E-state index contributed by atoms with van der Waals surface area (Å²) in [6.07, 6.45) is 0. The maximum absolute atomic E-state index is 13.3. The number of para-hydroxylation sites is 1. The molecule has 0 fully saturated rings. The monoisotopic (exact) mass is 388 g/mol. The molecule has 0 saturated heterocycles. The van der Waals surface area contributed by atoms with Crippen molar-refractivity contribution in [3.8, 4) is 11.4 Å². The Morgan fingerprint density at radius 3 is 2.39 bits per heavy atom. The quantitative estimate of drug-likeness (QED) is 0.341. The first-order chi connectivity index (χ1) is 13.8. The summed E-state index contributed by atoms with van der Waals surface area (Å²) in [7, 11) is 0. The van der Waals surface area contributed by atoms with Gasteiger partial charge in [0.1, 0.15) is 5.75 Å². The van der Waals surface area contributed by atoms with Gasteiger partial charge in [0.25, 0.3) is 5.56 Å². The minimum atomic E-state index is -0.0645. The fraction of sp³-hybridized carbons (Fsp3) is 0.130. The first-order valence-corrected chi connectivity index (χ1v) is 10.2. The van der Waals surface area contributed by atoms with E-state index < -0.39 is 0 Å². The molecule has 140 valence electrons. The van der Waals surface area contributed by atoms with Crippen molar-refractivity contribution >= 4 is 22.7 Å². The number of ether oxygens (including phenoxy) is 1. The summed E-state index contributed by atoms with van der Waals surface area (Å²) in [6.45, 7) is 2.55. The molecule has 4 aromatic rings. The van der Waals surface area contributed by atoms with Crippen molar-refractivity contribution < 1.29 is 4.74 Å². The van der Waals surface area contributed by atoms with E-state index in [1.807, 2.05) is 73.7 Å². The van der Waals surface area contributed by atoms with Gasteiger partial charge in [-0.15, -0.1) is 0 Å². The second-order valence-electron chi connectivity index (χ2n) is 6.25. The van der Waals surface area contributed by atoms with Crippen molar-refractivity contribution in [2.75, 3.05) is 6.61 Å². The van der Waals surface area contributed by atoms with Crippen LogP contribution in [0.2, 0.25) is 0 Å². The molecule has 0 saturated carbocycles. The van der Waals surface area contributed by atoms with Gasteiger partial charge in [-0.05, 0) is 48.9 Å². The van der Waals surface area contributed by atoms with Crippen LogP contribution < -0.4 is 10.3 Å². The lowest BCUT2D eigenvalue weighted by atomic mass is 10.2. The molecule has 0 amide bonds. The average Bonchev–Trinajstić information content (AvgIpc) is 2.74. The molecule has 1 heterocycles. The van der Waals surface area contributed by atoms with E-state index >= 15 is 0 Å². The first-order valence-electron chi connectivity index (χ1n) is 9.18. The summed E-state index contributed by atoms with van der Waals surface area (Å²) in [4.78, 5) is 18.0. The number of thioether (sulfide) groups is 1. The van der Waals surface area contributed by atoms with Crippen LogP contribution in [0.25, 0.3) is 16.6 Å². The van der Waals surface area contributed by atoms with Crippen molar-refractivity contribution in [1.29, 1.82) is 0 Å². The van der Waals surface area contributed by atoms with E-state index in [2.05, 4.69) is 12.1 Å². The minimum Gasteiger partial charge on any atom is -0.494 e. The molecule has 0 unspecified atom stereocenters. The highest BCUT2D eigenvalue weighted by atomic mass is 32.2. The first kappa shape index (κ1) is 18.3. The summed E-state index contributed by atoms with van der Waals surface area (Å²) < 4.78 is 7.21. The third kappa shape index (κ3) is 3.80. The van der Waals surface area contributed by atoms with Gasteiger partial charge >= 0.3 is 0 Å². The van der Waals surface area contributed by atoms with E-state index in [-0.39, 0.29) is 5.56 Å². The fourth-order valence-electron chi connectivity index (χ4n) is 3.02. The number of hydrogen-bond acceptors (Lipinski definition) is 4. The highest BCUT2D eigenvalue weighted by Gasteiger charge is 2.13. The Hall–Kier alpha value is -3.05. The van der Waals surface area contributed by atoms with Crippen molar-refractivity contribution in [2.45, 2.75) is 17.8 Å². The second kappa shape index (κ2) is 8.31. The van der Waals surface area contributed by atoms with Crippen LogP contribution in [-0.4, -0.2) is 16.2 Å². The molecular formula is C23H20N2O2S. The number of rotatable bonds is 6. The lowest BCUT2D eigenvalue weighted by Gasteiger charge is -2.14. The van der Waals surface area contributed by atoms with Gasteiger partial charge in [-0.3, -0.25) is 9.36 Å². The topological polar surface area (TPSA) is 44.1 Å². The van der Waals surface area contributed by atoms with Gasteiger partial charge in [-0.1, -0.05) is 54.2 Å². The van der Waals surface area contributed by atoms with Crippen LogP contribution in [0.1, 0.15) is 12.5 Å². The molecule has 3 aromatic carbocycles. The van der Waals surface area contributed by atoms with E-state index in [0.29, 0.717) is 22.7 Å². The lowest BCUT2D eigenvalue weighted by Crippen LogP contribution is -2.21. The molecule has 4 nitrogen and oxygen atoms in total. The maximum atomic E-state index is 13.3. The smallest absolute Gasteiger partial charge is 0.266 e. The zero-order valence-corrected chi connectivity index (χ0v) is 16.4. The molecule has 4 rings (SSSR count). The van der Waals surface area contributed by atoms with Crippen LogP contribution in [-0.2, 0) is 5.75 Å². The number of benzene rings is 3. The predicted molar refractivity (Wildman–Crippen MR) is 115 cm³/mol. The fourth-order valence-corrected chi connectivity index (χ4v) is 3.99. The summed E-state index contributed by atoms with van der Waals surface area (Å²) in [6, 6.07) is 25.2. The molecule has 5 heteroatoms. The number of fused-ring (bicyclic) bond motifs is 1. The maximum Gasteiger partial charge on any atom is 0.266 e. The highest BCUT2D eigenvalue weighted by molar-refractivity contribution is 7.98. The van der Waals surface area contributed by atoms with Crippen LogP contribution in [0.5, 0.6) is 5.75 Å². The Balaban J connectivity index is 1.80. The van der Waals surface area contributed by atoms with Crippen molar-refractivity contribution in [3.63, 3.8) is 0 Å². The van der Waals surface area contributed by atoms with Crippen LogP contribution >= 0.6 is 11.8 Å². The number of hydrogen-bond donors (Lipinski definition) is 0. The molecule has 1 aromatic heterocycles. The zero-order valence-electron chi connectivity index (χ0n) is 15.5. The summed E-state index contributed by atoms with van der Waals surface area (Å²) in [5.41, 5.74) is 2.62. The minimum absolute atomic E-state index is 0.0645. The second-order valence-corrected chi connectivity index (χ2v) is 7.20. The van der Waals surface area contributed by atoms with Gasteiger partial charge in [0, 0.05) is 5.75 Å². The Labute approximate surface area is 167 Å². The third-order valence-corrected chi connectivity index (χ3v) is 5.37. The Kier molecular flexibility index (Phi) is 5.44. The summed E-state index contributed by atoms with van der Waals surface area (Å²) in [5, 5.41) is 1.29. The van der Waals surface area contributed by atoms with Gasteiger partial charge < -0.3 is 4.74 Å². The zero-order chi connectivity index (χ0) is 19.3. The van der Waals surface area contributed by atoms with E-state index in [1.54, 1.807) is 16.3 Å². The van der Waals surface area contributed by atoms with E-state index in [9.17, 15) is 4.79 Å². The predicted octanol–water partition coefficient (Wildman–Crippen LogP) is 5.08. The molecule has 0 aliphatic rings.